The van der Waals surface area contributed by atoms with E-state index >= 15 is 0 Å². The summed E-state index contributed by atoms with van der Waals surface area (Å²) in [6.45, 7) is 0. The molecule has 5 nitrogen and oxygen atoms in total. The van der Waals surface area contributed by atoms with E-state index in [9.17, 15) is 9.90 Å². The molecule has 0 saturated heterocycles. The number of thioether (sulfide) groups is 1. The molecule has 0 saturated carbocycles. The maximum absolute atomic E-state index is 11.4. The molecular formula is C12H13NO4S. The van der Waals surface area contributed by atoms with E-state index in [2.05, 4.69) is 9.73 Å². The lowest BCUT2D eigenvalue weighted by Crippen LogP contribution is -2.19. The molecule has 1 aromatic rings. The van der Waals surface area contributed by atoms with E-state index in [4.69, 9.17) is 4.74 Å². The highest BCUT2D eigenvalue weighted by molar-refractivity contribution is 8.14. The van der Waals surface area contributed by atoms with Gasteiger partial charge in [0.15, 0.2) is 6.04 Å². The van der Waals surface area contributed by atoms with Crippen molar-refractivity contribution in [3.05, 3.63) is 23.8 Å². The lowest BCUT2D eigenvalue weighted by Gasteiger charge is -2.05. The number of methoxy groups -OCH3 is 2. The second kappa shape index (κ2) is 5.30. The van der Waals surface area contributed by atoms with Gasteiger partial charge in [0.25, 0.3) is 0 Å². The second-order valence-corrected chi connectivity index (χ2v) is 4.68. The first-order valence-corrected chi connectivity index (χ1v) is 6.30. The van der Waals surface area contributed by atoms with Gasteiger partial charge in [-0.1, -0.05) is 0 Å². The summed E-state index contributed by atoms with van der Waals surface area (Å²) in [4.78, 5) is 15.6. The third-order valence-corrected chi connectivity index (χ3v) is 3.64. The zero-order valence-electron chi connectivity index (χ0n) is 10.0. The van der Waals surface area contributed by atoms with Crippen LogP contribution in [-0.4, -0.2) is 42.1 Å². The highest BCUT2D eigenvalue weighted by atomic mass is 32.2. The molecular weight excluding hydrogens is 254 g/mol. The molecule has 96 valence electrons. The summed E-state index contributed by atoms with van der Waals surface area (Å²) in [6.07, 6.45) is 0. The van der Waals surface area contributed by atoms with Gasteiger partial charge in [-0.3, -0.25) is 4.99 Å². The number of benzene rings is 1. The van der Waals surface area contributed by atoms with Crippen LogP contribution < -0.4 is 4.74 Å². The fraction of sp³-hybridized carbons (Fsp3) is 0.333. The molecule has 1 aliphatic rings. The summed E-state index contributed by atoms with van der Waals surface area (Å²) in [5.41, 5.74) is 0.604. The Bertz CT molecular complexity index is 501. The van der Waals surface area contributed by atoms with Crippen molar-refractivity contribution >= 4 is 22.8 Å². The Balaban J connectivity index is 2.25. The van der Waals surface area contributed by atoms with Gasteiger partial charge in [0.1, 0.15) is 16.5 Å². The van der Waals surface area contributed by atoms with Crippen molar-refractivity contribution in [2.45, 2.75) is 6.04 Å². The van der Waals surface area contributed by atoms with Gasteiger partial charge >= 0.3 is 5.97 Å². The minimum absolute atomic E-state index is 0.0890. The molecule has 0 unspecified atom stereocenters. The number of esters is 1. The van der Waals surface area contributed by atoms with Gasteiger partial charge in [-0.15, -0.1) is 11.8 Å². The van der Waals surface area contributed by atoms with Crippen molar-refractivity contribution in [3.63, 3.8) is 0 Å². The Morgan fingerprint density at radius 3 is 2.89 bits per heavy atom. The monoisotopic (exact) mass is 267 g/mol. The van der Waals surface area contributed by atoms with Crippen LogP contribution in [0.25, 0.3) is 0 Å². The molecule has 0 amide bonds. The summed E-state index contributed by atoms with van der Waals surface area (Å²) in [6, 6.07) is 4.49. The average Bonchev–Trinajstić information content (AvgIpc) is 2.87. The van der Waals surface area contributed by atoms with Crippen molar-refractivity contribution < 1.29 is 19.4 Å². The van der Waals surface area contributed by atoms with Crippen LogP contribution in [0.15, 0.2) is 23.2 Å². The highest BCUT2D eigenvalue weighted by Crippen LogP contribution is 2.31. The van der Waals surface area contributed by atoms with E-state index < -0.39 is 6.04 Å². The van der Waals surface area contributed by atoms with Crippen LogP contribution in [0.2, 0.25) is 0 Å². The predicted octanol–water partition coefficient (Wildman–Crippen LogP) is 1.44. The van der Waals surface area contributed by atoms with Gasteiger partial charge in [0.2, 0.25) is 0 Å². The first-order valence-electron chi connectivity index (χ1n) is 5.31. The van der Waals surface area contributed by atoms with Gasteiger partial charge in [-0.25, -0.2) is 4.79 Å². The standard InChI is InChI=1S/C12H13NO4S/c1-16-7-3-4-8(10(14)5-7)11-13-9(6-18-11)12(15)17-2/h3-5,9,14H,6H2,1-2H3/t9-/m1/s1. The van der Waals surface area contributed by atoms with Crippen molar-refractivity contribution in [1.82, 2.24) is 0 Å². The number of rotatable bonds is 3. The summed E-state index contributed by atoms with van der Waals surface area (Å²) >= 11 is 1.42. The molecule has 0 aliphatic carbocycles. The van der Waals surface area contributed by atoms with E-state index in [0.717, 1.165) is 0 Å². The van der Waals surface area contributed by atoms with E-state index in [1.807, 2.05) is 0 Å². The van der Waals surface area contributed by atoms with Crippen LogP contribution in [0.5, 0.6) is 11.5 Å². The van der Waals surface area contributed by atoms with Gasteiger partial charge < -0.3 is 14.6 Å². The van der Waals surface area contributed by atoms with Crippen LogP contribution in [0.4, 0.5) is 0 Å². The van der Waals surface area contributed by atoms with Crippen LogP contribution in [0.1, 0.15) is 5.56 Å². The number of ether oxygens (including phenoxy) is 2. The van der Waals surface area contributed by atoms with Gasteiger partial charge in [-0.05, 0) is 12.1 Å². The Morgan fingerprint density at radius 1 is 1.50 bits per heavy atom. The predicted molar refractivity (Wildman–Crippen MR) is 69.5 cm³/mol. The maximum atomic E-state index is 11.4. The Morgan fingerprint density at radius 2 is 2.28 bits per heavy atom. The summed E-state index contributed by atoms with van der Waals surface area (Å²) < 4.78 is 9.65. The molecule has 1 N–H and O–H groups in total. The van der Waals surface area contributed by atoms with E-state index in [1.54, 1.807) is 12.1 Å². The SMILES string of the molecule is COC(=O)[C@H]1CSC(c2ccc(OC)cc2O)=N1. The molecule has 0 bridgehead atoms. The Kier molecular flexibility index (Phi) is 3.76. The molecule has 18 heavy (non-hydrogen) atoms. The Hall–Kier alpha value is -1.69. The molecule has 0 spiro atoms. The quantitative estimate of drug-likeness (QED) is 0.839. The third-order valence-electron chi connectivity index (χ3n) is 2.56. The summed E-state index contributed by atoms with van der Waals surface area (Å²) in [5, 5.41) is 10.5. The fourth-order valence-corrected chi connectivity index (χ4v) is 2.65. The van der Waals surface area contributed by atoms with Crippen molar-refractivity contribution in [1.29, 1.82) is 0 Å². The van der Waals surface area contributed by atoms with E-state index in [0.29, 0.717) is 22.1 Å². The van der Waals surface area contributed by atoms with E-state index in [1.165, 1.54) is 32.0 Å². The Labute approximate surface area is 109 Å². The molecule has 0 aromatic heterocycles. The minimum Gasteiger partial charge on any atom is -0.507 e. The topological polar surface area (TPSA) is 68.1 Å². The minimum atomic E-state index is -0.489. The molecule has 0 fully saturated rings. The largest absolute Gasteiger partial charge is 0.507 e. The van der Waals surface area contributed by atoms with Crippen LogP contribution in [-0.2, 0) is 9.53 Å². The van der Waals surface area contributed by atoms with E-state index in [-0.39, 0.29) is 11.7 Å². The van der Waals surface area contributed by atoms with Crippen molar-refractivity contribution in [2.24, 2.45) is 4.99 Å². The number of hydrogen-bond donors (Lipinski definition) is 1. The smallest absolute Gasteiger partial charge is 0.331 e. The number of aromatic hydroxyl groups is 1. The van der Waals surface area contributed by atoms with Crippen LogP contribution in [0.3, 0.4) is 0 Å². The van der Waals surface area contributed by atoms with Crippen molar-refractivity contribution in [2.75, 3.05) is 20.0 Å². The lowest BCUT2D eigenvalue weighted by molar-refractivity contribution is -0.141. The lowest BCUT2D eigenvalue weighted by atomic mass is 10.2. The molecule has 1 atom stereocenters. The van der Waals surface area contributed by atoms with Crippen LogP contribution in [0, 0.1) is 0 Å². The molecule has 1 aromatic carbocycles. The second-order valence-electron chi connectivity index (χ2n) is 3.67. The van der Waals surface area contributed by atoms with Gasteiger partial charge in [0.05, 0.1) is 14.2 Å². The zero-order chi connectivity index (χ0) is 13.1. The summed E-state index contributed by atoms with van der Waals surface area (Å²) in [7, 11) is 2.87. The normalized spacial score (nSPS) is 18.3. The maximum Gasteiger partial charge on any atom is 0.331 e. The zero-order valence-corrected chi connectivity index (χ0v) is 10.9. The molecule has 1 heterocycles. The van der Waals surface area contributed by atoms with Crippen LogP contribution >= 0.6 is 11.8 Å². The highest BCUT2D eigenvalue weighted by Gasteiger charge is 2.27. The molecule has 2 rings (SSSR count). The van der Waals surface area contributed by atoms with Gasteiger partial charge in [-0.2, -0.15) is 0 Å². The number of aliphatic imine (C=N–C) groups is 1. The number of hydrogen-bond acceptors (Lipinski definition) is 6. The number of carbonyl (C=O) groups is 1. The third kappa shape index (κ3) is 2.43. The molecule has 1 aliphatic heterocycles. The first-order chi connectivity index (χ1) is 8.65. The number of phenolic OH excluding ortho intramolecular Hbond substituents is 1. The molecule has 6 heteroatoms. The first kappa shape index (κ1) is 12.8. The number of carbonyl (C=O) groups excluding carboxylic acids is 1. The van der Waals surface area contributed by atoms with Gasteiger partial charge in [0, 0.05) is 17.4 Å². The fourth-order valence-electron chi connectivity index (χ4n) is 1.60. The number of nitrogens with zero attached hydrogens (tertiary/aromatic N) is 1. The van der Waals surface area contributed by atoms with Crippen molar-refractivity contribution in [3.8, 4) is 11.5 Å². The molecule has 0 radical (unpaired) electrons. The average molecular weight is 267 g/mol. The number of phenols is 1. The summed E-state index contributed by atoms with van der Waals surface area (Å²) in [5.74, 6) is 0.842.